The molecule has 6 atom stereocenters. The predicted octanol–water partition coefficient (Wildman–Crippen LogP) is 6.84. The maximum Gasteiger partial charge on any atom is 0.215 e. The smallest absolute Gasteiger partial charge is 0.215 e. The van der Waals surface area contributed by atoms with Gasteiger partial charge in [-0.05, 0) is 109 Å². The van der Waals surface area contributed by atoms with Crippen molar-refractivity contribution in [2.45, 2.75) is 74.7 Å². The number of sulfonamides is 1. The monoisotopic (exact) mass is 704 g/mol. The Morgan fingerprint density at radius 1 is 1.10 bits per heavy atom. The normalized spacial score (nSPS) is 31.8. The molecule has 1 spiro atoms. The van der Waals surface area contributed by atoms with E-state index >= 15 is 0 Å². The van der Waals surface area contributed by atoms with Crippen molar-refractivity contribution in [3.63, 3.8) is 0 Å². The number of aliphatic hydroxyl groups excluding tert-OH is 1. The molecule has 0 radical (unpaired) electrons. The predicted molar refractivity (Wildman–Crippen MR) is 196 cm³/mol. The lowest BCUT2D eigenvalue weighted by Gasteiger charge is -2.50. The highest BCUT2D eigenvalue weighted by Gasteiger charge is 2.49. The van der Waals surface area contributed by atoms with Gasteiger partial charge in [-0.3, -0.25) is 0 Å². The zero-order valence-corrected chi connectivity index (χ0v) is 30.2. The van der Waals surface area contributed by atoms with Crippen LogP contribution in [-0.4, -0.2) is 57.8 Å². The van der Waals surface area contributed by atoms with Crippen molar-refractivity contribution in [3.8, 4) is 5.75 Å². The molecule has 3 aromatic carbocycles. The van der Waals surface area contributed by atoms with Crippen LogP contribution in [0.5, 0.6) is 5.75 Å². The Kier molecular flexibility index (Phi) is 9.90. The highest BCUT2D eigenvalue weighted by atomic mass is 35.5. The van der Waals surface area contributed by atoms with E-state index in [9.17, 15) is 13.5 Å². The summed E-state index contributed by atoms with van der Waals surface area (Å²) in [5.41, 5.74) is 4.42. The van der Waals surface area contributed by atoms with Crippen molar-refractivity contribution >= 4 is 27.3 Å². The Morgan fingerprint density at radius 3 is 2.69 bits per heavy atom. The molecule has 0 unspecified atom stereocenters. The van der Waals surface area contributed by atoms with Gasteiger partial charge in [0.1, 0.15) is 11.4 Å². The number of rotatable bonds is 4. The van der Waals surface area contributed by atoms with Crippen LogP contribution in [0.4, 0.5) is 5.69 Å². The van der Waals surface area contributed by atoms with Crippen molar-refractivity contribution in [2.24, 2.45) is 17.8 Å². The molecular formula is C40H49ClN2O5S. The van der Waals surface area contributed by atoms with Crippen LogP contribution in [-0.2, 0) is 39.6 Å². The second-order valence-electron chi connectivity index (χ2n) is 14.9. The van der Waals surface area contributed by atoms with Gasteiger partial charge in [0, 0.05) is 37.2 Å². The Bertz CT molecular complexity index is 1780. The molecule has 1 saturated carbocycles. The van der Waals surface area contributed by atoms with Crippen LogP contribution in [0.3, 0.4) is 0 Å². The first-order valence-corrected chi connectivity index (χ1v) is 19.7. The number of anilines is 1. The fraction of sp³-hybridized carbons (Fsp3) is 0.500. The lowest BCUT2D eigenvalue weighted by atomic mass is 9.64. The molecule has 49 heavy (non-hydrogen) atoms. The number of hydrogen-bond donors (Lipinski definition) is 2. The van der Waals surface area contributed by atoms with Gasteiger partial charge in [-0.2, -0.15) is 0 Å². The number of allylic oxidation sites excluding steroid dienone is 1. The van der Waals surface area contributed by atoms with Gasteiger partial charge >= 0.3 is 0 Å². The van der Waals surface area contributed by atoms with E-state index in [0.717, 1.165) is 72.8 Å². The summed E-state index contributed by atoms with van der Waals surface area (Å²) in [5, 5.41) is 11.0. The molecule has 2 aliphatic carbocycles. The number of hydrogen-bond acceptors (Lipinski definition) is 6. The fourth-order valence-electron chi connectivity index (χ4n) is 8.95. The SMILES string of the molecule is CO[C@]1(CO)/C=C/C[C@H](C)[C@H](Cc2ccccc2)S(=O)(=O)NCc2ccc3c(c2)N(C[C@@H]2CC[C@H]21)C[C@@]1(CCCc2cc(Cl)ccc21)CO3. The van der Waals surface area contributed by atoms with Crippen molar-refractivity contribution in [1.29, 1.82) is 0 Å². The summed E-state index contributed by atoms with van der Waals surface area (Å²) in [4.78, 5) is 2.48. The molecule has 3 aromatic rings. The van der Waals surface area contributed by atoms with Crippen LogP contribution in [0, 0.1) is 17.8 Å². The number of benzene rings is 3. The molecule has 9 heteroatoms. The number of nitrogens with zero attached hydrogens (tertiary/aromatic N) is 1. The molecule has 2 heterocycles. The van der Waals surface area contributed by atoms with Crippen LogP contribution in [0.2, 0.25) is 5.02 Å². The van der Waals surface area contributed by atoms with Gasteiger partial charge in [-0.25, -0.2) is 13.1 Å². The number of methoxy groups -OCH3 is 1. The summed E-state index contributed by atoms with van der Waals surface area (Å²) in [5.74, 6) is 1.06. The van der Waals surface area contributed by atoms with Gasteiger partial charge in [0.2, 0.25) is 10.0 Å². The number of halogens is 1. The van der Waals surface area contributed by atoms with E-state index in [0.29, 0.717) is 25.4 Å². The van der Waals surface area contributed by atoms with Crippen LogP contribution < -0.4 is 14.4 Å². The second kappa shape index (κ2) is 14.0. The third kappa shape index (κ3) is 6.79. The molecule has 262 valence electrons. The highest BCUT2D eigenvalue weighted by Crippen LogP contribution is 2.49. The third-order valence-electron chi connectivity index (χ3n) is 11.9. The Morgan fingerprint density at radius 2 is 1.94 bits per heavy atom. The Hall–Kier alpha value is -2.88. The topological polar surface area (TPSA) is 88.1 Å². The van der Waals surface area contributed by atoms with Gasteiger partial charge in [0.05, 0.1) is 24.2 Å². The van der Waals surface area contributed by atoms with Gasteiger partial charge < -0.3 is 19.5 Å². The summed E-state index contributed by atoms with van der Waals surface area (Å²) in [6, 6.07) is 22.3. The van der Waals surface area contributed by atoms with E-state index in [1.165, 1.54) is 11.1 Å². The van der Waals surface area contributed by atoms with Gasteiger partial charge in [0.25, 0.3) is 0 Å². The number of ether oxygens (including phenoxy) is 2. The zero-order valence-electron chi connectivity index (χ0n) is 28.6. The van der Waals surface area contributed by atoms with Crippen LogP contribution in [0.1, 0.15) is 61.3 Å². The Balaban J connectivity index is 1.29. The molecule has 0 amide bonds. The summed E-state index contributed by atoms with van der Waals surface area (Å²) in [6.45, 7) is 4.20. The quantitative estimate of drug-likeness (QED) is 0.289. The molecule has 2 bridgehead atoms. The van der Waals surface area contributed by atoms with Crippen molar-refractivity contribution in [2.75, 3.05) is 38.3 Å². The average Bonchev–Trinajstić information content (AvgIpc) is 3.24. The first kappa shape index (κ1) is 34.6. The summed E-state index contributed by atoms with van der Waals surface area (Å²) in [7, 11) is -2.03. The summed E-state index contributed by atoms with van der Waals surface area (Å²) in [6.07, 6.45) is 10.1. The molecular weight excluding hydrogens is 656 g/mol. The second-order valence-corrected chi connectivity index (χ2v) is 17.3. The maximum atomic E-state index is 14.1. The minimum Gasteiger partial charge on any atom is -0.490 e. The molecule has 0 saturated heterocycles. The first-order chi connectivity index (χ1) is 23.6. The number of fused-ring (bicyclic) bond motifs is 4. The molecule has 7 nitrogen and oxygen atoms in total. The fourth-order valence-corrected chi connectivity index (χ4v) is 10.9. The summed E-state index contributed by atoms with van der Waals surface area (Å²) < 4.78 is 44.1. The number of nitrogens with one attached hydrogen (secondary N) is 1. The molecule has 0 aromatic heterocycles. The van der Waals surface area contributed by atoms with E-state index in [1.54, 1.807) is 7.11 Å². The standard InChI is InChI=1S/C40H49ClN2O5S/c1-28-8-6-19-40(26-44,47-2)35-15-13-32(35)24-43-25-39(18-7-11-31-22-33(41)14-16-34(31)39)27-48-37-17-12-30(20-36(37)43)23-42-49(45,46)38(28)21-29-9-4-3-5-10-29/h3-6,9-10,12,14,16-17,19-20,22,28,32,35,38,42,44H,7-8,11,13,15,18,21,23-27H2,1-2H3/b19-6+/t28-,32-,35+,38-,39-,40-/m0/s1. The lowest BCUT2D eigenvalue weighted by Crippen LogP contribution is -2.54. The van der Waals surface area contributed by atoms with E-state index in [2.05, 4.69) is 27.8 Å². The van der Waals surface area contributed by atoms with Crippen LogP contribution in [0.15, 0.2) is 78.9 Å². The van der Waals surface area contributed by atoms with Crippen LogP contribution >= 0.6 is 11.6 Å². The van der Waals surface area contributed by atoms with Crippen molar-refractivity contribution < 1.29 is 23.0 Å². The van der Waals surface area contributed by atoms with E-state index in [4.69, 9.17) is 21.1 Å². The van der Waals surface area contributed by atoms with Gasteiger partial charge in [-0.1, -0.05) is 73.1 Å². The molecule has 2 aliphatic heterocycles. The van der Waals surface area contributed by atoms with Gasteiger partial charge in [-0.15, -0.1) is 0 Å². The minimum atomic E-state index is -3.72. The molecule has 4 aliphatic rings. The third-order valence-corrected chi connectivity index (χ3v) is 14.1. The largest absolute Gasteiger partial charge is 0.490 e. The minimum absolute atomic E-state index is 0.122. The van der Waals surface area contributed by atoms with E-state index in [1.807, 2.05) is 67.6 Å². The zero-order chi connectivity index (χ0) is 34.2. The average molecular weight is 705 g/mol. The van der Waals surface area contributed by atoms with Crippen molar-refractivity contribution in [3.05, 3.63) is 106 Å². The highest BCUT2D eigenvalue weighted by molar-refractivity contribution is 7.90. The van der Waals surface area contributed by atoms with Crippen molar-refractivity contribution in [1.82, 2.24) is 4.72 Å². The van der Waals surface area contributed by atoms with Crippen LogP contribution in [0.25, 0.3) is 0 Å². The van der Waals surface area contributed by atoms with E-state index < -0.39 is 20.9 Å². The first-order valence-electron chi connectivity index (χ1n) is 17.8. The number of aliphatic hydroxyl groups is 1. The molecule has 1 fully saturated rings. The lowest BCUT2D eigenvalue weighted by molar-refractivity contribution is -0.103. The van der Waals surface area contributed by atoms with Gasteiger partial charge in [0.15, 0.2) is 0 Å². The summed E-state index contributed by atoms with van der Waals surface area (Å²) >= 11 is 6.47. The Labute approximate surface area is 296 Å². The maximum absolute atomic E-state index is 14.1. The van der Waals surface area contributed by atoms with E-state index in [-0.39, 0.29) is 30.4 Å². The number of aryl methyl sites for hydroxylation is 1. The molecule has 2 N–H and O–H groups in total. The molecule has 7 rings (SSSR count).